The van der Waals surface area contributed by atoms with Crippen molar-refractivity contribution in [3.63, 3.8) is 0 Å². The number of amides is 1. The molecule has 0 radical (unpaired) electrons. The molecular formula is C17H24N4O2S. The first kappa shape index (κ1) is 17.1. The van der Waals surface area contributed by atoms with E-state index in [1.54, 1.807) is 6.20 Å². The maximum atomic E-state index is 12.6. The summed E-state index contributed by atoms with van der Waals surface area (Å²) in [7, 11) is 0. The molecule has 1 fully saturated rings. The zero-order valence-corrected chi connectivity index (χ0v) is 15.1. The zero-order chi connectivity index (χ0) is 16.9. The molecule has 1 N–H and O–H groups in total. The van der Waals surface area contributed by atoms with E-state index in [1.165, 1.54) is 11.3 Å². The van der Waals surface area contributed by atoms with Gasteiger partial charge in [0.15, 0.2) is 0 Å². The SMILES string of the molecule is CCCCc1nc(C)c(C(=O)Nc2ccnn2C[C@@H]2CCOC2)s1. The van der Waals surface area contributed by atoms with E-state index in [2.05, 4.69) is 22.3 Å². The third-order valence-corrected chi connectivity index (χ3v) is 5.42. The molecule has 2 aromatic heterocycles. The second-order valence-electron chi connectivity index (χ2n) is 6.21. The lowest BCUT2D eigenvalue weighted by molar-refractivity contribution is 0.102. The van der Waals surface area contributed by atoms with Gasteiger partial charge in [0.25, 0.3) is 5.91 Å². The summed E-state index contributed by atoms with van der Waals surface area (Å²) in [6.45, 7) is 6.40. The fourth-order valence-corrected chi connectivity index (χ4v) is 3.83. The average Bonchev–Trinajstić information content (AvgIpc) is 3.28. The molecule has 24 heavy (non-hydrogen) atoms. The summed E-state index contributed by atoms with van der Waals surface area (Å²) in [6.07, 6.45) is 5.93. The van der Waals surface area contributed by atoms with E-state index in [0.717, 1.165) is 62.0 Å². The summed E-state index contributed by atoms with van der Waals surface area (Å²) in [5.74, 6) is 1.10. The van der Waals surface area contributed by atoms with Gasteiger partial charge < -0.3 is 10.1 Å². The number of thiazole rings is 1. The molecule has 0 unspecified atom stereocenters. The number of hydrogen-bond donors (Lipinski definition) is 1. The lowest BCUT2D eigenvalue weighted by atomic mass is 10.1. The molecule has 0 aromatic carbocycles. The van der Waals surface area contributed by atoms with Gasteiger partial charge in [-0.05, 0) is 26.2 Å². The van der Waals surface area contributed by atoms with Crippen molar-refractivity contribution in [3.8, 4) is 0 Å². The van der Waals surface area contributed by atoms with Crippen LogP contribution in [0, 0.1) is 12.8 Å². The maximum Gasteiger partial charge on any atom is 0.268 e. The number of anilines is 1. The quantitative estimate of drug-likeness (QED) is 0.834. The largest absolute Gasteiger partial charge is 0.381 e. The predicted octanol–water partition coefficient (Wildman–Crippen LogP) is 3.28. The van der Waals surface area contributed by atoms with E-state index in [4.69, 9.17) is 4.74 Å². The van der Waals surface area contributed by atoms with Gasteiger partial charge in [-0.15, -0.1) is 11.3 Å². The summed E-state index contributed by atoms with van der Waals surface area (Å²) < 4.78 is 7.26. The maximum absolute atomic E-state index is 12.6. The van der Waals surface area contributed by atoms with Crippen molar-refractivity contribution in [3.05, 3.63) is 27.8 Å². The highest BCUT2D eigenvalue weighted by Crippen LogP contribution is 2.22. The van der Waals surface area contributed by atoms with Gasteiger partial charge in [0, 0.05) is 25.1 Å². The first-order chi connectivity index (χ1) is 11.7. The smallest absolute Gasteiger partial charge is 0.268 e. The lowest BCUT2D eigenvalue weighted by Gasteiger charge is -2.11. The average molecular weight is 348 g/mol. The standard InChI is InChI=1S/C17H24N4O2S/c1-3-4-5-15-19-12(2)16(24-15)17(22)20-14-6-8-18-21(14)10-13-7-9-23-11-13/h6,8,13H,3-5,7,9-11H2,1-2H3,(H,20,22)/t13-/m0/s1. The summed E-state index contributed by atoms with van der Waals surface area (Å²) in [6, 6.07) is 1.84. The van der Waals surface area contributed by atoms with Crippen LogP contribution < -0.4 is 5.32 Å². The Kier molecular flexibility index (Phi) is 5.63. The van der Waals surface area contributed by atoms with Crippen molar-refractivity contribution in [2.24, 2.45) is 5.92 Å². The van der Waals surface area contributed by atoms with Crippen molar-refractivity contribution in [1.82, 2.24) is 14.8 Å². The number of nitrogens with one attached hydrogen (secondary N) is 1. The number of aromatic nitrogens is 3. The molecule has 0 aliphatic carbocycles. The summed E-state index contributed by atoms with van der Waals surface area (Å²) in [5.41, 5.74) is 0.805. The van der Waals surface area contributed by atoms with Crippen LogP contribution in [-0.4, -0.2) is 33.9 Å². The summed E-state index contributed by atoms with van der Waals surface area (Å²) in [4.78, 5) is 17.8. The first-order valence-corrected chi connectivity index (χ1v) is 9.36. The van der Waals surface area contributed by atoms with Crippen LogP contribution in [0.4, 0.5) is 5.82 Å². The van der Waals surface area contributed by atoms with Crippen LogP contribution in [0.1, 0.15) is 46.6 Å². The van der Waals surface area contributed by atoms with Gasteiger partial charge in [-0.2, -0.15) is 5.10 Å². The van der Waals surface area contributed by atoms with E-state index in [9.17, 15) is 4.79 Å². The minimum atomic E-state index is -0.0998. The molecule has 1 saturated heterocycles. The minimum absolute atomic E-state index is 0.0998. The van der Waals surface area contributed by atoms with E-state index < -0.39 is 0 Å². The molecule has 130 valence electrons. The van der Waals surface area contributed by atoms with Crippen LogP contribution in [0.25, 0.3) is 0 Å². The highest BCUT2D eigenvalue weighted by atomic mass is 32.1. The molecule has 0 spiro atoms. The summed E-state index contributed by atoms with van der Waals surface area (Å²) >= 11 is 1.50. The van der Waals surface area contributed by atoms with E-state index >= 15 is 0 Å². The number of carbonyl (C=O) groups is 1. The van der Waals surface area contributed by atoms with Crippen LogP contribution in [0.5, 0.6) is 0 Å². The Morgan fingerprint density at radius 1 is 1.54 bits per heavy atom. The predicted molar refractivity (Wildman–Crippen MR) is 94.6 cm³/mol. The fourth-order valence-electron chi connectivity index (χ4n) is 2.83. The highest BCUT2D eigenvalue weighted by molar-refractivity contribution is 7.13. The molecule has 1 aliphatic rings. The number of nitrogens with zero attached hydrogens (tertiary/aromatic N) is 3. The topological polar surface area (TPSA) is 69.0 Å². The third-order valence-electron chi connectivity index (χ3n) is 4.20. The van der Waals surface area contributed by atoms with Gasteiger partial charge in [0.05, 0.1) is 23.5 Å². The zero-order valence-electron chi connectivity index (χ0n) is 14.2. The fraction of sp³-hybridized carbons (Fsp3) is 0.588. The Labute approximate surface area is 146 Å². The number of carbonyl (C=O) groups excluding carboxylic acids is 1. The van der Waals surface area contributed by atoms with Gasteiger partial charge in [-0.3, -0.25) is 4.79 Å². The van der Waals surface area contributed by atoms with Crippen molar-refractivity contribution in [2.45, 2.75) is 46.1 Å². The normalized spacial score (nSPS) is 17.3. The molecule has 3 rings (SSSR count). The van der Waals surface area contributed by atoms with Crippen LogP contribution in [0.15, 0.2) is 12.3 Å². The van der Waals surface area contributed by atoms with Gasteiger partial charge in [-0.25, -0.2) is 9.67 Å². The number of ether oxygens (including phenoxy) is 1. The van der Waals surface area contributed by atoms with Crippen LogP contribution in [0.3, 0.4) is 0 Å². The number of hydrogen-bond acceptors (Lipinski definition) is 5. The molecule has 1 atom stereocenters. The molecule has 2 aromatic rings. The van der Waals surface area contributed by atoms with E-state index in [-0.39, 0.29) is 5.91 Å². The Hall–Kier alpha value is -1.73. The van der Waals surface area contributed by atoms with Crippen molar-refractivity contribution in [2.75, 3.05) is 18.5 Å². The second kappa shape index (κ2) is 7.90. The van der Waals surface area contributed by atoms with Gasteiger partial charge in [0.1, 0.15) is 10.7 Å². The molecular weight excluding hydrogens is 324 g/mol. The molecule has 0 bridgehead atoms. The third kappa shape index (κ3) is 4.02. The van der Waals surface area contributed by atoms with Gasteiger partial charge >= 0.3 is 0 Å². The van der Waals surface area contributed by atoms with Crippen molar-refractivity contribution < 1.29 is 9.53 Å². The highest BCUT2D eigenvalue weighted by Gasteiger charge is 2.20. The Balaban J connectivity index is 1.66. The second-order valence-corrected chi connectivity index (χ2v) is 7.29. The molecule has 7 heteroatoms. The summed E-state index contributed by atoms with van der Waals surface area (Å²) in [5, 5.41) is 8.35. The molecule has 0 saturated carbocycles. The van der Waals surface area contributed by atoms with Crippen LogP contribution in [-0.2, 0) is 17.7 Å². The van der Waals surface area contributed by atoms with E-state index in [0.29, 0.717) is 10.8 Å². The van der Waals surface area contributed by atoms with Crippen LogP contribution >= 0.6 is 11.3 Å². The Bertz CT molecular complexity index is 689. The van der Waals surface area contributed by atoms with Crippen molar-refractivity contribution in [1.29, 1.82) is 0 Å². The first-order valence-electron chi connectivity index (χ1n) is 8.54. The van der Waals surface area contributed by atoms with Crippen molar-refractivity contribution >= 4 is 23.1 Å². The lowest BCUT2D eigenvalue weighted by Crippen LogP contribution is -2.18. The molecule has 6 nitrogen and oxygen atoms in total. The molecule has 3 heterocycles. The van der Waals surface area contributed by atoms with Gasteiger partial charge in [0.2, 0.25) is 0 Å². The number of aryl methyl sites for hydroxylation is 2. The minimum Gasteiger partial charge on any atom is -0.381 e. The van der Waals surface area contributed by atoms with Gasteiger partial charge in [-0.1, -0.05) is 13.3 Å². The Morgan fingerprint density at radius 3 is 3.17 bits per heavy atom. The number of rotatable bonds is 7. The van der Waals surface area contributed by atoms with Crippen LogP contribution in [0.2, 0.25) is 0 Å². The molecule has 1 aliphatic heterocycles. The Morgan fingerprint density at radius 2 is 2.42 bits per heavy atom. The molecule has 1 amide bonds. The van der Waals surface area contributed by atoms with E-state index in [1.807, 2.05) is 17.7 Å². The number of unbranched alkanes of at least 4 members (excludes halogenated alkanes) is 1. The monoisotopic (exact) mass is 348 g/mol.